The van der Waals surface area contributed by atoms with Crippen LogP contribution in [0.15, 0.2) is 10.9 Å². The fraction of sp³-hybridized carbons (Fsp3) is 0.727. The summed E-state index contributed by atoms with van der Waals surface area (Å²) in [7, 11) is 0. The van der Waals surface area contributed by atoms with Gasteiger partial charge in [0.2, 0.25) is 0 Å². The van der Waals surface area contributed by atoms with E-state index in [4.69, 9.17) is 0 Å². The minimum Gasteiger partial charge on any atom is -0.315 e. The molecule has 2 rings (SSSR count). The Morgan fingerprint density at radius 2 is 2.60 bits per heavy atom. The fourth-order valence-electron chi connectivity index (χ4n) is 2.37. The van der Waals surface area contributed by atoms with Crippen LogP contribution in [0.25, 0.3) is 0 Å². The number of likely N-dealkylation sites (N-methyl/N-ethyl adjacent to an activating group) is 1. The van der Waals surface area contributed by atoms with Gasteiger partial charge in [0.15, 0.2) is 0 Å². The van der Waals surface area contributed by atoms with Crippen LogP contribution in [0.4, 0.5) is 0 Å². The molecule has 1 aromatic heterocycles. The second kappa shape index (κ2) is 5.05. The third kappa shape index (κ3) is 2.38. The van der Waals surface area contributed by atoms with Crippen molar-refractivity contribution in [2.24, 2.45) is 0 Å². The van der Waals surface area contributed by atoms with Gasteiger partial charge in [-0.05, 0) is 26.4 Å². The van der Waals surface area contributed by atoms with Crippen molar-refractivity contribution >= 4 is 11.3 Å². The van der Waals surface area contributed by atoms with E-state index in [1.807, 2.05) is 5.51 Å². The van der Waals surface area contributed by atoms with Crippen molar-refractivity contribution < 1.29 is 0 Å². The quantitative estimate of drug-likeness (QED) is 0.848. The Morgan fingerprint density at radius 3 is 3.13 bits per heavy atom. The van der Waals surface area contributed by atoms with E-state index in [1.54, 1.807) is 11.3 Å². The van der Waals surface area contributed by atoms with Gasteiger partial charge in [-0.15, -0.1) is 11.3 Å². The van der Waals surface area contributed by atoms with Gasteiger partial charge >= 0.3 is 0 Å². The molecule has 2 atom stereocenters. The normalized spacial score (nSPS) is 23.5. The minimum atomic E-state index is 0.450. The summed E-state index contributed by atoms with van der Waals surface area (Å²) in [5.41, 5.74) is 3.14. The largest absolute Gasteiger partial charge is 0.315 e. The third-order valence-corrected chi connectivity index (χ3v) is 3.85. The van der Waals surface area contributed by atoms with Crippen LogP contribution < -0.4 is 5.32 Å². The van der Waals surface area contributed by atoms with Gasteiger partial charge in [0.1, 0.15) is 0 Å². The first kappa shape index (κ1) is 11.0. The van der Waals surface area contributed by atoms with Gasteiger partial charge in [0.25, 0.3) is 0 Å². The Morgan fingerprint density at radius 1 is 1.73 bits per heavy atom. The van der Waals surface area contributed by atoms with E-state index >= 15 is 0 Å². The maximum Gasteiger partial charge on any atom is 0.0795 e. The molecule has 2 heterocycles. The van der Waals surface area contributed by atoms with Crippen molar-refractivity contribution in [1.29, 1.82) is 0 Å². The average Bonchev–Trinajstić information content (AvgIpc) is 2.91. The first-order chi connectivity index (χ1) is 7.33. The molecule has 1 saturated heterocycles. The van der Waals surface area contributed by atoms with Crippen LogP contribution in [0.5, 0.6) is 0 Å². The maximum absolute atomic E-state index is 4.41. The Labute approximate surface area is 95.5 Å². The number of hydrogen-bond donors (Lipinski definition) is 1. The topological polar surface area (TPSA) is 28.2 Å². The maximum atomic E-state index is 4.41. The molecular weight excluding hydrogens is 206 g/mol. The molecule has 0 radical (unpaired) electrons. The van der Waals surface area contributed by atoms with Crippen molar-refractivity contribution in [2.75, 3.05) is 19.6 Å². The summed E-state index contributed by atoms with van der Waals surface area (Å²) in [4.78, 5) is 6.96. The van der Waals surface area contributed by atoms with E-state index < -0.39 is 0 Å². The summed E-state index contributed by atoms with van der Waals surface area (Å²) in [6.45, 7) is 7.89. The molecule has 1 aromatic rings. The van der Waals surface area contributed by atoms with Crippen molar-refractivity contribution in [1.82, 2.24) is 15.2 Å². The molecule has 0 saturated carbocycles. The van der Waals surface area contributed by atoms with Crippen LogP contribution in [-0.4, -0.2) is 35.6 Å². The lowest BCUT2D eigenvalue weighted by molar-refractivity contribution is 0.160. The highest BCUT2D eigenvalue weighted by molar-refractivity contribution is 7.07. The molecule has 1 fully saturated rings. The van der Waals surface area contributed by atoms with Crippen molar-refractivity contribution in [3.8, 4) is 0 Å². The summed E-state index contributed by atoms with van der Waals surface area (Å²) in [5.74, 6) is 0. The van der Waals surface area contributed by atoms with Crippen molar-refractivity contribution in [3.05, 3.63) is 16.6 Å². The van der Waals surface area contributed by atoms with Gasteiger partial charge in [-0.3, -0.25) is 4.90 Å². The van der Waals surface area contributed by atoms with Gasteiger partial charge < -0.3 is 5.32 Å². The predicted molar refractivity (Wildman–Crippen MR) is 64.2 cm³/mol. The van der Waals surface area contributed by atoms with Crippen molar-refractivity contribution in [3.63, 3.8) is 0 Å². The Balaban J connectivity index is 2.05. The number of rotatable bonds is 4. The molecule has 15 heavy (non-hydrogen) atoms. The zero-order valence-electron chi connectivity index (χ0n) is 9.44. The molecular formula is C11H19N3S. The standard InChI is InChI=1S/C11H19N3S/c1-3-14(10-4-5-12-6-10)9(2)11-7-15-8-13-11/h7-10,12H,3-6H2,1-2H3. The molecule has 3 nitrogen and oxygen atoms in total. The van der Waals surface area contributed by atoms with E-state index in [0.29, 0.717) is 12.1 Å². The predicted octanol–water partition coefficient (Wildman–Crippen LogP) is 1.89. The zero-order valence-corrected chi connectivity index (χ0v) is 10.3. The lowest BCUT2D eigenvalue weighted by Gasteiger charge is -2.32. The highest BCUT2D eigenvalue weighted by Crippen LogP contribution is 2.24. The summed E-state index contributed by atoms with van der Waals surface area (Å²) in [6, 6.07) is 1.14. The van der Waals surface area contributed by atoms with Crippen LogP contribution in [0.1, 0.15) is 32.0 Å². The number of thiazole rings is 1. The van der Waals surface area contributed by atoms with E-state index in [2.05, 4.69) is 34.4 Å². The first-order valence-electron chi connectivity index (χ1n) is 5.67. The number of hydrogen-bond acceptors (Lipinski definition) is 4. The molecule has 4 heteroatoms. The second-order valence-corrected chi connectivity index (χ2v) is 4.79. The van der Waals surface area contributed by atoms with E-state index in [9.17, 15) is 0 Å². The monoisotopic (exact) mass is 225 g/mol. The van der Waals surface area contributed by atoms with Gasteiger partial charge in [-0.25, -0.2) is 4.98 Å². The molecule has 0 aromatic carbocycles. The number of nitrogens with one attached hydrogen (secondary N) is 1. The van der Waals surface area contributed by atoms with E-state index in [0.717, 1.165) is 19.6 Å². The fourth-order valence-corrected chi connectivity index (χ4v) is 3.01. The highest BCUT2D eigenvalue weighted by atomic mass is 32.1. The average molecular weight is 225 g/mol. The SMILES string of the molecule is CCN(C1CCNC1)C(C)c1cscn1. The molecule has 1 N–H and O–H groups in total. The first-order valence-corrected chi connectivity index (χ1v) is 6.61. The van der Waals surface area contributed by atoms with E-state index in [1.165, 1.54) is 12.1 Å². The summed E-state index contributed by atoms with van der Waals surface area (Å²) < 4.78 is 0. The van der Waals surface area contributed by atoms with Gasteiger partial charge in [-0.1, -0.05) is 6.92 Å². The lowest BCUT2D eigenvalue weighted by atomic mass is 10.1. The lowest BCUT2D eigenvalue weighted by Crippen LogP contribution is -2.38. The summed E-state index contributed by atoms with van der Waals surface area (Å²) in [6.07, 6.45) is 1.27. The molecule has 0 bridgehead atoms. The molecule has 0 spiro atoms. The van der Waals surface area contributed by atoms with Crippen LogP contribution in [-0.2, 0) is 0 Å². The van der Waals surface area contributed by atoms with Gasteiger partial charge in [0.05, 0.1) is 17.2 Å². The van der Waals surface area contributed by atoms with Crippen molar-refractivity contribution in [2.45, 2.75) is 32.4 Å². The third-order valence-electron chi connectivity index (χ3n) is 3.25. The van der Waals surface area contributed by atoms with Crippen LogP contribution in [0, 0.1) is 0 Å². The zero-order chi connectivity index (χ0) is 10.7. The Kier molecular flexibility index (Phi) is 3.72. The van der Waals surface area contributed by atoms with E-state index in [-0.39, 0.29) is 0 Å². The van der Waals surface area contributed by atoms with Crippen LogP contribution in [0.3, 0.4) is 0 Å². The smallest absolute Gasteiger partial charge is 0.0795 e. The number of nitrogens with zero attached hydrogens (tertiary/aromatic N) is 2. The molecule has 0 aliphatic carbocycles. The summed E-state index contributed by atoms with van der Waals surface area (Å²) >= 11 is 1.68. The molecule has 0 amide bonds. The van der Waals surface area contributed by atoms with Gasteiger partial charge in [-0.2, -0.15) is 0 Å². The minimum absolute atomic E-state index is 0.450. The summed E-state index contributed by atoms with van der Waals surface area (Å²) in [5, 5.41) is 5.59. The van der Waals surface area contributed by atoms with Gasteiger partial charge in [0, 0.05) is 18.0 Å². The Hall–Kier alpha value is -0.450. The second-order valence-electron chi connectivity index (χ2n) is 4.07. The number of aromatic nitrogens is 1. The molecule has 84 valence electrons. The Bertz CT molecular complexity index is 280. The highest BCUT2D eigenvalue weighted by Gasteiger charge is 2.26. The van der Waals surface area contributed by atoms with Crippen LogP contribution in [0.2, 0.25) is 0 Å². The van der Waals surface area contributed by atoms with Crippen LogP contribution >= 0.6 is 11.3 Å². The molecule has 2 unspecified atom stereocenters. The molecule has 1 aliphatic rings. The molecule has 1 aliphatic heterocycles.